The van der Waals surface area contributed by atoms with E-state index in [2.05, 4.69) is 0 Å². The minimum absolute atomic E-state index is 0.00148. The van der Waals surface area contributed by atoms with Crippen LogP contribution in [0, 0.1) is 5.92 Å². The largest absolute Gasteiger partial charge is 0.497 e. The molecule has 4 heteroatoms. The van der Waals surface area contributed by atoms with Gasteiger partial charge in [0, 0.05) is 11.3 Å². The molecule has 1 fully saturated rings. The van der Waals surface area contributed by atoms with Gasteiger partial charge in [0.25, 0.3) is 0 Å². The maximum atomic E-state index is 12.3. The van der Waals surface area contributed by atoms with E-state index in [1.54, 1.807) is 24.1 Å². The van der Waals surface area contributed by atoms with Crippen LogP contribution in [0.4, 0.5) is 5.69 Å². The summed E-state index contributed by atoms with van der Waals surface area (Å²) in [6.07, 6.45) is 0.820. The first-order chi connectivity index (χ1) is 10.7. The average molecular weight is 295 g/mol. The number of methoxy groups -OCH3 is 1. The summed E-state index contributed by atoms with van der Waals surface area (Å²) in [5, 5.41) is 0. The van der Waals surface area contributed by atoms with Gasteiger partial charge in [-0.1, -0.05) is 31.2 Å². The Morgan fingerprint density at radius 3 is 2.23 bits per heavy atom. The maximum absolute atomic E-state index is 12.3. The lowest BCUT2D eigenvalue weighted by Gasteiger charge is -2.46. The number of nitrogens with zero attached hydrogens (tertiary/aromatic N) is 1. The van der Waals surface area contributed by atoms with Crippen LogP contribution in [0.2, 0.25) is 0 Å². The molecule has 1 heterocycles. The number of aldehydes is 1. The normalized spacial score (nSPS) is 20.5. The Morgan fingerprint density at radius 2 is 1.68 bits per heavy atom. The zero-order valence-corrected chi connectivity index (χ0v) is 12.5. The van der Waals surface area contributed by atoms with E-state index in [0.717, 1.165) is 23.3 Å². The first-order valence-electron chi connectivity index (χ1n) is 7.18. The maximum Gasteiger partial charge on any atom is 0.232 e. The van der Waals surface area contributed by atoms with Crippen molar-refractivity contribution in [3.8, 4) is 5.75 Å². The first-order valence-corrected chi connectivity index (χ1v) is 7.18. The molecule has 112 valence electrons. The predicted octanol–water partition coefficient (Wildman–Crippen LogP) is 3.23. The molecule has 0 radical (unpaired) electrons. The Morgan fingerprint density at radius 1 is 1.05 bits per heavy atom. The van der Waals surface area contributed by atoms with Crippen molar-refractivity contribution in [3.05, 3.63) is 59.7 Å². The zero-order chi connectivity index (χ0) is 15.7. The highest BCUT2D eigenvalue weighted by Crippen LogP contribution is 2.43. The molecular weight excluding hydrogens is 278 g/mol. The van der Waals surface area contributed by atoms with Crippen LogP contribution in [-0.4, -0.2) is 19.3 Å². The van der Waals surface area contributed by atoms with Crippen LogP contribution in [0.15, 0.2) is 48.5 Å². The average Bonchev–Trinajstić information content (AvgIpc) is 2.59. The summed E-state index contributed by atoms with van der Waals surface area (Å²) in [6.45, 7) is 1.93. The van der Waals surface area contributed by atoms with Gasteiger partial charge < -0.3 is 9.64 Å². The minimum atomic E-state index is -0.0656. The van der Waals surface area contributed by atoms with Crippen molar-refractivity contribution in [1.82, 2.24) is 0 Å². The van der Waals surface area contributed by atoms with Gasteiger partial charge in [0.2, 0.25) is 5.91 Å². The SMILES string of the molecule is COc1ccc(N2C(=O)[C@H](C)[C@H]2c2ccc(C=O)cc2)cc1. The number of carbonyl (C=O) groups excluding carboxylic acids is 2. The quantitative estimate of drug-likeness (QED) is 0.642. The van der Waals surface area contributed by atoms with Crippen molar-refractivity contribution in [2.75, 3.05) is 12.0 Å². The summed E-state index contributed by atoms with van der Waals surface area (Å²) in [4.78, 5) is 24.8. The summed E-state index contributed by atoms with van der Waals surface area (Å²) < 4.78 is 5.15. The van der Waals surface area contributed by atoms with Crippen LogP contribution in [0.5, 0.6) is 5.75 Å². The van der Waals surface area contributed by atoms with Crippen LogP contribution < -0.4 is 9.64 Å². The second-order valence-corrected chi connectivity index (χ2v) is 5.42. The third-order valence-corrected chi connectivity index (χ3v) is 4.14. The number of carbonyl (C=O) groups is 2. The minimum Gasteiger partial charge on any atom is -0.497 e. The molecule has 0 spiro atoms. The van der Waals surface area contributed by atoms with Gasteiger partial charge in [0.1, 0.15) is 12.0 Å². The lowest BCUT2D eigenvalue weighted by molar-refractivity contribution is -0.129. The number of ether oxygens (including phenoxy) is 1. The number of hydrogen-bond donors (Lipinski definition) is 0. The number of benzene rings is 2. The molecule has 3 rings (SSSR count). The van der Waals surface area contributed by atoms with E-state index < -0.39 is 0 Å². The lowest BCUT2D eigenvalue weighted by atomic mass is 9.83. The van der Waals surface area contributed by atoms with E-state index in [1.807, 2.05) is 43.3 Å². The van der Waals surface area contributed by atoms with Gasteiger partial charge >= 0.3 is 0 Å². The van der Waals surface area contributed by atoms with E-state index in [9.17, 15) is 9.59 Å². The van der Waals surface area contributed by atoms with Crippen LogP contribution in [-0.2, 0) is 4.79 Å². The highest BCUT2D eigenvalue weighted by Gasteiger charge is 2.45. The van der Waals surface area contributed by atoms with Gasteiger partial charge in [-0.25, -0.2) is 0 Å². The van der Waals surface area contributed by atoms with Crippen LogP contribution in [0.25, 0.3) is 0 Å². The van der Waals surface area contributed by atoms with Gasteiger partial charge in [-0.05, 0) is 29.8 Å². The Bertz CT molecular complexity index is 691. The van der Waals surface area contributed by atoms with Crippen molar-refractivity contribution in [3.63, 3.8) is 0 Å². The van der Waals surface area contributed by atoms with Crippen LogP contribution in [0.3, 0.4) is 0 Å². The molecule has 4 nitrogen and oxygen atoms in total. The van der Waals surface area contributed by atoms with Gasteiger partial charge in [-0.3, -0.25) is 9.59 Å². The van der Waals surface area contributed by atoms with Crippen LogP contribution >= 0.6 is 0 Å². The highest BCUT2D eigenvalue weighted by molar-refractivity contribution is 6.03. The molecule has 0 aliphatic carbocycles. The van der Waals surface area contributed by atoms with E-state index in [-0.39, 0.29) is 17.9 Å². The molecule has 0 aromatic heterocycles. The second-order valence-electron chi connectivity index (χ2n) is 5.42. The van der Waals surface area contributed by atoms with Crippen molar-refractivity contribution in [2.45, 2.75) is 13.0 Å². The van der Waals surface area contributed by atoms with Crippen molar-refractivity contribution in [2.24, 2.45) is 5.92 Å². The Labute approximate surface area is 129 Å². The number of anilines is 1. The van der Waals surface area contributed by atoms with E-state index in [1.165, 1.54) is 0 Å². The van der Waals surface area contributed by atoms with Crippen molar-refractivity contribution >= 4 is 17.9 Å². The fourth-order valence-corrected chi connectivity index (χ4v) is 2.87. The van der Waals surface area contributed by atoms with E-state index in [0.29, 0.717) is 5.56 Å². The Kier molecular flexibility index (Phi) is 3.67. The monoisotopic (exact) mass is 295 g/mol. The molecule has 1 aliphatic heterocycles. The molecular formula is C18H17NO3. The second kappa shape index (κ2) is 5.64. The number of amides is 1. The number of β-lactam (4-membered cyclic amide) rings is 1. The summed E-state index contributed by atoms with van der Waals surface area (Å²) in [5.41, 5.74) is 2.53. The van der Waals surface area contributed by atoms with Crippen molar-refractivity contribution < 1.29 is 14.3 Å². The zero-order valence-electron chi connectivity index (χ0n) is 12.5. The molecule has 1 amide bonds. The highest BCUT2D eigenvalue weighted by atomic mass is 16.5. The number of rotatable bonds is 4. The Hall–Kier alpha value is -2.62. The summed E-state index contributed by atoms with van der Waals surface area (Å²) in [6, 6.07) is 14.8. The van der Waals surface area contributed by atoms with E-state index >= 15 is 0 Å². The fraction of sp³-hybridized carbons (Fsp3) is 0.222. The molecule has 0 saturated carbocycles. The molecule has 0 bridgehead atoms. The molecule has 2 aromatic rings. The molecule has 2 atom stereocenters. The van der Waals surface area contributed by atoms with Gasteiger partial charge in [-0.2, -0.15) is 0 Å². The molecule has 1 aliphatic rings. The van der Waals surface area contributed by atoms with Crippen LogP contribution in [0.1, 0.15) is 28.9 Å². The molecule has 0 unspecified atom stereocenters. The lowest BCUT2D eigenvalue weighted by Crippen LogP contribution is -2.54. The predicted molar refractivity (Wildman–Crippen MR) is 84.2 cm³/mol. The Balaban J connectivity index is 1.91. The fourth-order valence-electron chi connectivity index (χ4n) is 2.87. The summed E-state index contributed by atoms with van der Waals surface area (Å²) >= 11 is 0. The van der Waals surface area contributed by atoms with Crippen molar-refractivity contribution in [1.29, 1.82) is 0 Å². The summed E-state index contributed by atoms with van der Waals surface area (Å²) in [5.74, 6) is 0.801. The van der Waals surface area contributed by atoms with Gasteiger partial charge in [0.15, 0.2) is 0 Å². The molecule has 0 N–H and O–H groups in total. The van der Waals surface area contributed by atoms with E-state index in [4.69, 9.17) is 4.74 Å². The standard InChI is InChI=1S/C18H17NO3/c1-12-17(14-5-3-13(11-20)4-6-14)19(18(12)21)15-7-9-16(22-2)10-8-15/h3-12,17H,1-2H3/t12-,17+/m1/s1. The third-order valence-electron chi connectivity index (χ3n) is 4.14. The molecule has 2 aromatic carbocycles. The third kappa shape index (κ3) is 2.26. The smallest absolute Gasteiger partial charge is 0.232 e. The van der Waals surface area contributed by atoms with Gasteiger partial charge in [-0.15, -0.1) is 0 Å². The van der Waals surface area contributed by atoms with Gasteiger partial charge in [0.05, 0.1) is 19.1 Å². The number of hydrogen-bond acceptors (Lipinski definition) is 3. The molecule has 1 saturated heterocycles. The molecule has 22 heavy (non-hydrogen) atoms. The summed E-state index contributed by atoms with van der Waals surface area (Å²) in [7, 11) is 1.61. The topological polar surface area (TPSA) is 46.6 Å². The first kappa shape index (κ1) is 14.3.